The number of likely N-dealkylation sites (tertiary alicyclic amines) is 2. The lowest BCUT2D eigenvalue weighted by molar-refractivity contribution is -0.134. The predicted octanol–water partition coefficient (Wildman–Crippen LogP) is 2.50. The van der Waals surface area contributed by atoms with Gasteiger partial charge in [-0.15, -0.1) is 0 Å². The quantitative estimate of drug-likeness (QED) is 0.855. The lowest BCUT2D eigenvalue weighted by Gasteiger charge is -2.43. The highest BCUT2D eigenvalue weighted by Crippen LogP contribution is 2.43. The van der Waals surface area contributed by atoms with E-state index in [-0.39, 0.29) is 11.4 Å². The number of likely N-dealkylation sites (N-methyl/N-ethyl adjacent to an activating group) is 1. The van der Waals surface area contributed by atoms with Gasteiger partial charge in [0.25, 0.3) is 0 Å². The van der Waals surface area contributed by atoms with Gasteiger partial charge < -0.3 is 9.64 Å². The molecule has 1 spiro atoms. The molecule has 0 aliphatic carbocycles. The number of carbonyl (C=O) groups excluding carboxylic acids is 1. The number of methoxy groups -OCH3 is 1. The number of hydrogen-bond acceptors (Lipinski definition) is 3. The van der Waals surface area contributed by atoms with Gasteiger partial charge >= 0.3 is 0 Å². The monoisotopic (exact) mass is 316 g/mol. The molecule has 0 N–H and O–H groups in total. The molecule has 0 bridgehead atoms. The predicted molar refractivity (Wildman–Crippen MR) is 91.5 cm³/mol. The molecule has 1 aromatic rings. The van der Waals surface area contributed by atoms with E-state index < -0.39 is 0 Å². The summed E-state index contributed by atoms with van der Waals surface area (Å²) in [6.45, 7) is 3.42. The van der Waals surface area contributed by atoms with Crippen molar-refractivity contribution in [2.45, 2.75) is 37.1 Å². The third-order valence-corrected chi connectivity index (χ3v) is 5.77. The van der Waals surface area contributed by atoms with Gasteiger partial charge in [-0.2, -0.15) is 0 Å². The Kier molecular flexibility index (Phi) is 5.02. The van der Waals surface area contributed by atoms with Crippen LogP contribution in [0.1, 0.15) is 37.2 Å². The van der Waals surface area contributed by atoms with E-state index in [4.69, 9.17) is 4.74 Å². The minimum absolute atomic E-state index is 0.238. The summed E-state index contributed by atoms with van der Waals surface area (Å²) in [6.07, 6.45) is 3.90. The summed E-state index contributed by atoms with van der Waals surface area (Å²) in [6, 6.07) is 10.9. The molecule has 2 fully saturated rings. The number of hydrogen-bond donors (Lipinski definition) is 0. The molecule has 0 aromatic heterocycles. The Labute approximate surface area is 139 Å². The van der Waals surface area contributed by atoms with Crippen LogP contribution in [0.5, 0.6) is 0 Å². The molecule has 2 aliphatic heterocycles. The second kappa shape index (κ2) is 7.02. The number of piperidine rings is 1. The molecule has 1 amide bonds. The van der Waals surface area contributed by atoms with Crippen LogP contribution in [0.3, 0.4) is 0 Å². The van der Waals surface area contributed by atoms with Crippen LogP contribution in [0, 0.1) is 0 Å². The first kappa shape index (κ1) is 16.5. The van der Waals surface area contributed by atoms with Crippen molar-refractivity contribution >= 4 is 5.91 Å². The molecule has 126 valence electrons. The van der Waals surface area contributed by atoms with Gasteiger partial charge in [-0.1, -0.05) is 30.3 Å². The molecule has 3 rings (SSSR count). The number of amides is 1. The highest BCUT2D eigenvalue weighted by molar-refractivity contribution is 5.76. The lowest BCUT2D eigenvalue weighted by atomic mass is 9.81. The Bertz CT molecular complexity index is 523. The Hall–Kier alpha value is -1.39. The summed E-state index contributed by atoms with van der Waals surface area (Å²) in [7, 11) is 3.90. The molecule has 2 saturated heterocycles. The standard InChI is InChI=1S/C19H28N2O2/c1-20-15-17(16-6-4-3-5-7-16)14-19(20)9-11-21(12-10-19)18(22)8-13-23-2/h3-7,17H,8-15H2,1-2H3/t17-/m1/s1. The van der Waals surface area contributed by atoms with Crippen molar-refractivity contribution in [2.75, 3.05) is 40.4 Å². The molecule has 1 atom stereocenters. The maximum absolute atomic E-state index is 12.2. The van der Waals surface area contributed by atoms with Crippen molar-refractivity contribution in [2.24, 2.45) is 0 Å². The SMILES string of the molecule is COCCC(=O)N1CCC2(CC1)C[C@@H](c1ccccc1)CN2C. The van der Waals surface area contributed by atoms with E-state index in [1.165, 1.54) is 12.0 Å². The van der Waals surface area contributed by atoms with Gasteiger partial charge in [-0.25, -0.2) is 0 Å². The highest BCUT2D eigenvalue weighted by atomic mass is 16.5. The van der Waals surface area contributed by atoms with Crippen LogP contribution in [-0.2, 0) is 9.53 Å². The molecule has 4 nitrogen and oxygen atoms in total. The molecule has 2 aliphatic rings. The van der Waals surface area contributed by atoms with Crippen molar-refractivity contribution in [3.63, 3.8) is 0 Å². The zero-order chi connectivity index (χ0) is 16.3. The van der Waals surface area contributed by atoms with Gasteiger partial charge in [-0.05, 0) is 37.8 Å². The van der Waals surface area contributed by atoms with Crippen molar-refractivity contribution in [1.29, 1.82) is 0 Å². The highest BCUT2D eigenvalue weighted by Gasteiger charge is 2.45. The minimum Gasteiger partial charge on any atom is -0.384 e. The Morgan fingerprint density at radius 3 is 2.61 bits per heavy atom. The van der Waals surface area contributed by atoms with Crippen LogP contribution in [0.25, 0.3) is 0 Å². The summed E-state index contributed by atoms with van der Waals surface area (Å²) in [4.78, 5) is 16.7. The van der Waals surface area contributed by atoms with E-state index in [9.17, 15) is 4.79 Å². The average molecular weight is 316 g/mol. The topological polar surface area (TPSA) is 32.8 Å². The van der Waals surface area contributed by atoms with Crippen LogP contribution in [0.4, 0.5) is 0 Å². The molecule has 0 unspecified atom stereocenters. The zero-order valence-corrected chi connectivity index (χ0v) is 14.3. The molecule has 1 aromatic carbocycles. The third-order valence-electron chi connectivity index (χ3n) is 5.77. The fraction of sp³-hybridized carbons (Fsp3) is 0.632. The van der Waals surface area contributed by atoms with Gasteiger partial charge in [0.15, 0.2) is 0 Å². The van der Waals surface area contributed by atoms with Gasteiger partial charge in [-0.3, -0.25) is 9.69 Å². The summed E-state index contributed by atoms with van der Waals surface area (Å²) in [5, 5.41) is 0. The van der Waals surface area contributed by atoms with Crippen molar-refractivity contribution < 1.29 is 9.53 Å². The van der Waals surface area contributed by atoms with E-state index >= 15 is 0 Å². The van der Waals surface area contributed by atoms with E-state index in [0.29, 0.717) is 18.9 Å². The second-order valence-electron chi connectivity index (χ2n) is 7.04. The van der Waals surface area contributed by atoms with Crippen LogP contribution in [-0.4, -0.2) is 61.6 Å². The molecular formula is C19H28N2O2. The van der Waals surface area contributed by atoms with Crippen molar-refractivity contribution in [3.05, 3.63) is 35.9 Å². The largest absolute Gasteiger partial charge is 0.384 e. The molecular weight excluding hydrogens is 288 g/mol. The fourth-order valence-electron chi connectivity index (χ4n) is 4.26. The van der Waals surface area contributed by atoms with E-state index in [1.807, 2.05) is 4.90 Å². The van der Waals surface area contributed by atoms with Crippen LogP contribution < -0.4 is 0 Å². The van der Waals surface area contributed by atoms with Gasteiger partial charge in [0, 0.05) is 32.3 Å². The minimum atomic E-state index is 0.238. The fourth-order valence-corrected chi connectivity index (χ4v) is 4.26. The van der Waals surface area contributed by atoms with Crippen LogP contribution in [0.2, 0.25) is 0 Å². The van der Waals surface area contributed by atoms with Crippen LogP contribution in [0.15, 0.2) is 30.3 Å². The molecule has 0 saturated carbocycles. The molecule has 0 radical (unpaired) electrons. The van der Waals surface area contributed by atoms with Gasteiger partial charge in [0.1, 0.15) is 0 Å². The molecule has 23 heavy (non-hydrogen) atoms. The third kappa shape index (κ3) is 3.43. The normalized spacial score (nSPS) is 24.3. The second-order valence-corrected chi connectivity index (χ2v) is 7.04. The summed E-state index contributed by atoms with van der Waals surface area (Å²) in [5.74, 6) is 0.860. The zero-order valence-electron chi connectivity index (χ0n) is 14.3. The summed E-state index contributed by atoms with van der Waals surface area (Å²) in [5.41, 5.74) is 1.73. The maximum Gasteiger partial charge on any atom is 0.224 e. The van der Waals surface area contributed by atoms with Crippen molar-refractivity contribution in [1.82, 2.24) is 9.80 Å². The van der Waals surface area contributed by atoms with Gasteiger partial charge in [0.05, 0.1) is 13.0 Å². The van der Waals surface area contributed by atoms with Crippen LogP contribution >= 0.6 is 0 Å². The Morgan fingerprint density at radius 2 is 1.96 bits per heavy atom. The number of rotatable bonds is 4. The summed E-state index contributed by atoms with van der Waals surface area (Å²) >= 11 is 0. The Morgan fingerprint density at radius 1 is 1.26 bits per heavy atom. The van der Waals surface area contributed by atoms with E-state index in [0.717, 1.165) is 32.5 Å². The number of nitrogens with zero attached hydrogens (tertiary/aromatic N) is 2. The first-order valence-corrected chi connectivity index (χ1v) is 8.67. The first-order valence-electron chi connectivity index (χ1n) is 8.67. The van der Waals surface area contributed by atoms with E-state index in [2.05, 4.69) is 42.3 Å². The smallest absolute Gasteiger partial charge is 0.224 e. The number of carbonyl (C=O) groups is 1. The van der Waals surface area contributed by atoms with Crippen molar-refractivity contribution in [3.8, 4) is 0 Å². The average Bonchev–Trinajstić information content (AvgIpc) is 2.91. The lowest BCUT2D eigenvalue weighted by Crippen LogP contribution is -2.52. The molecule has 4 heteroatoms. The maximum atomic E-state index is 12.2. The van der Waals surface area contributed by atoms with Gasteiger partial charge in [0.2, 0.25) is 5.91 Å². The number of benzene rings is 1. The number of ether oxygens (including phenoxy) is 1. The first-order chi connectivity index (χ1) is 11.1. The Balaban J connectivity index is 1.60. The summed E-state index contributed by atoms with van der Waals surface area (Å²) < 4.78 is 5.02. The molecule has 2 heterocycles. The van der Waals surface area contributed by atoms with E-state index in [1.54, 1.807) is 7.11 Å².